The number of ether oxygens (including phenoxy) is 4. The van der Waals surface area contributed by atoms with Gasteiger partial charge in [-0.05, 0) is 61.5 Å². The lowest BCUT2D eigenvalue weighted by molar-refractivity contribution is 0.0387. The van der Waals surface area contributed by atoms with E-state index in [2.05, 4.69) is 10.6 Å². The van der Waals surface area contributed by atoms with Crippen molar-refractivity contribution in [1.82, 2.24) is 9.21 Å². The Labute approximate surface area is 261 Å². The maximum absolute atomic E-state index is 13.8. The standard InChI is InChI=1S/C31H36N4O9S/c1-19-15-35(20(2)17-36)30(37)25-13-21(32-31(38)33-22-6-12-27-28(14-22)43-18-42-27)5-11-26(25)44-29(19)16-34(3)45(39,40)24-9-7-23(41-4)8-10-24/h5-14,19-20,29,36H,15-18H2,1-4H3,(H2,32,33,38)/t19-,20-,29-/m0/s1. The Morgan fingerprint density at radius 3 is 2.36 bits per heavy atom. The minimum Gasteiger partial charge on any atom is -0.497 e. The van der Waals surface area contributed by atoms with Crippen molar-refractivity contribution in [3.63, 3.8) is 0 Å². The van der Waals surface area contributed by atoms with Crippen LogP contribution in [0, 0.1) is 5.92 Å². The third-order valence-corrected chi connectivity index (χ3v) is 9.60. The number of anilines is 2. The lowest BCUT2D eigenvalue weighted by Gasteiger charge is -2.38. The van der Waals surface area contributed by atoms with Gasteiger partial charge in [0, 0.05) is 37.0 Å². The van der Waals surface area contributed by atoms with Crippen molar-refractivity contribution in [2.75, 3.05) is 51.3 Å². The van der Waals surface area contributed by atoms with Crippen LogP contribution in [0.25, 0.3) is 0 Å². The molecule has 3 aromatic rings. The first kappa shape index (κ1) is 31.9. The van der Waals surface area contributed by atoms with E-state index < -0.39 is 34.1 Å². The molecule has 2 aliphatic heterocycles. The van der Waals surface area contributed by atoms with Crippen LogP contribution in [0.4, 0.5) is 16.2 Å². The molecular formula is C31H36N4O9S. The molecule has 0 radical (unpaired) electrons. The number of hydrogen-bond acceptors (Lipinski definition) is 9. The summed E-state index contributed by atoms with van der Waals surface area (Å²) in [5.41, 5.74) is 0.967. The molecule has 0 saturated heterocycles. The van der Waals surface area contributed by atoms with Crippen molar-refractivity contribution in [3.8, 4) is 23.0 Å². The molecule has 2 heterocycles. The molecule has 3 amide bonds. The number of methoxy groups -OCH3 is 1. The van der Waals surface area contributed by atoms with E-state index in [4.69, 9.17) is 18.9 Å². The molecular weight excluding hydrogens is 604 g/mol. The van der Waals surface area contributed by atoms with Crippen LogP contribution in [0.2, 0.25) is 0 Å². The summed E-state index contributed by atoms with van der Waals surface area (Å²) < 4.78 is 50.1. The van der Waals surface area contributed by atoms with E-state index >= 15 is 0 Å². The number of aliphatic hydroxyl groups excluding tert-OH is 1. The van der Waals surface area contributed by atoms with Gasteiger partial charge in [-0.15, -0.1) is 0 Å². The highest BCUT2D eigenvalue weighted by atomic mass is 32.2. The molecule has 2 aliphatic rings. The van der Waals surface area contributed by atoms with Crippen LogP contribution in [0.3, 0.4) is 0 Å². The zero-order chi connectivity index (χ0) is 32.3. The number of hydrogen-bond donors (Lipinski definition) is 3. The molecule has 3 aromatic carbocycles. The predicted molar refractivity (Wildman–Crippen MR) is 166 cm³/mol. The van der Waals surface area contributed by atoms with Gasteiger partial charge in [-0.1, -0.05) is 6.92 Å². The lowest BCUT2D eigenvalue weighted by Crippen LogP contribution is -2.50. The number of urea groups is 1. The fraction of sp³-hybridized carbons (Fsp3) is 0.355. The smallest absolute Gasteiger partial charge is 0.323 e. The minimum absolute atomic E-state index is 0.0115. The summed E-state index contributed by atoms with van der Waals surface area (Å²) in [4.78, 5) is 28.2. The fourth-order valence-corrected chi connectivity index (χ4v) is 6.25. The molecule has 14 heteroatoms. The molecule has 3 atom stereocenters. The molecule has 5 rings (SSSR count). The number of sulfonamides is 1. The van der Waals surface area contributed by atoms with Crippen molar-refractivity contribution < 1.29 is 42.1 Å². The second-order valence-corrected chi connectivity index (χ2v) is 13.0. The van der Waals surface area contributed by atoms with Crippen LogP contribution >= 0.6 is 0 Å². The second kappa shape index (κ2) is 13.2. The van der Waals surface area contributed by atoms with E-state index in [-0.39, 0.29) is 48.6 Å². The molecule has 0 saturated carbocycles. The molecule has 0 spiro atoms. The van der Waals surface area contributed by atoms with Gasteiger partial charge in [-0.2, -0.15) is 4.31 Å². The maximum Gasteiger partial charge on any atom is 0.323 e. The van der Waals surface area contributed by atoms with E-state index in [0.717, 1.165) is 0 Å². The number of carbonyl (C=O) groups is 2. The minimum atomic E-state index is -3.87. The summed E-state index contributed by atoms with van der Waals surface area (Å²) in [5, 5.41) is 15.4. The third-order valence-electron chi connectivity index (χ3n) is 7.76. The van der Waals surface area contributed by atoms with Gasteiger partial charge in [0.1, 0.15) is 17.6 Å². The van der Waals surface area contributed by atoms with E-state index in [1.54, 1.807) is 49.4 Å². The van der Waals surface area contributed by atoms with Gasteiger partial charge in [0.2, 0.25) is 16.8 Å². The lowest BCUT2D eigenvalue weighted by atomic mass is 9.99. The van der Waals surface area contributed by atoms with Crippen molar-refractivity contribution in [2.24, 2.45) is 5.92 Å². The van der Waals surface area contributed by atoms with Gasteiger partial charge in [0.25, 0.3) is 5.91 Å². The SMILES string of the molecule is COc1ccc(S(=O)(=O)N(C)C[C@@H]2Oc3ccc(NC(=O)Nc4ccc5c(c4)OCO5)cc3C(=O)N([C@@H](C)CO)C[C@@H]2C)cc1. The number of nitrogens with one attached hydrogen (secondary N) is 2. The predicted octanol–water partition coefficient (Wildman–Crippen LogP) is 3.61. The largest absolute Gasteiger partial charge is 0.497 e. The summed E-state index contributed by atoms with van der Waals surface area (Å²) in [6.45, 7) is 3.61. The first-order chi connectivity index (χ1) is 21.5. The molecule has 0 aliphatic carbocycles. The Bertz CT molecular complexity index is 1670. The Morgan fingerprint density at radius 1 is 1.04 bits per heavy atom. The monoisotopic (exact) mass is 640 g/mol. The highest BCUT2D eigenvalue weighted by Gasteiger charge is 2.35. The topological polar surface area (TPSA) is 156 Å². The number of aliphatic hydroxyl groups is 1. The van der Waals surface area contributed by atoms with Gasteiger partial charge < -0.3 is 39.6 Å². The molecule has 13 nitrogen and oxygen atoms in total. The Kier molecular flexibility index (Phi) is 9.37. The molecule has 240 valence electrons. The zero-order valence-electron chi connectivity index (χ0n) is 25.3. The second-order valence-electron chi connectivity index (χ2n) is 10.9. The summed E-state index contributed by atoms with van der Waals surface area (Å²) in [6.07, 6.45) is -0.656. The van der Waals surface area contributed by atoms with E-state index in [1.807, 2.05) is 6.92 Å². The normalized spacial score (nSPS) is 18.4. The van der Waals surface area contributed by atoms with Crippen LogP contribution < -0.4 is 29.6 Å². The molecule has 0 aromatic heterocycles. The first-order valence-corrected chi connectivity index (χ1v) is 15.7. The number of fused-ring (bicyclic) bond motifs is 2. The highest BCUT2D eigenvalue weighted by Crippen LogP contribution is 2.35. The highest BCUT2D eigenvalue weighted by molar-refractivity contribution is 7.89. The average molecular weight is 641 g/mol. The number of likely N-dealkylation sites (N-methyl/N-ethyl adjacent to an activating group) is 1. The average Bonchev–Trinajstić information content (AvgIpc) is 3.50. The van der Waals surface area contributed by atoms with Crippen LogP contribution in [-0.4, -0.2) is 87.5 Å². The Morgan fingerprint density at radius 2 is 1.69 bits per heavy atom. The Balaban J connectivity index is 1.38. The van der Waals surface area contributed by atoms with Crippen LogP contribution in [0.5, 0.6) is 23.0 Å². The summed E-state index contributed by atoms with van der Waals surface area (Å²) in [5.74, 6) is 1.16. The molecule has 3 N–H and O–H groups in total. The zero-order valence-corrected chi connectivity index (χ0v) is 26.2. The van der Waals surface area contributed by atoms with Crippen molar-refractivity contribution in [2.45, 2.75) is 30.9 Å². The number of benzene rings is 3. The first-order valence-electron chi connectivity index (χ1n) is 14.3. The molecule has 0 bridgehead atoms. The third kappa shape index (κ3) is 6.92. The number of rotatable bonds is 9. The summed E-state index contributed by atoms with van der Waals surface area (Å²) in [7, 11) is -0.898. The molecule has 0 unspecified atom stereocenters. The summed E-state index contributed by atoms with van der Waals surface area (Å²) in [6, 6.07) is 14.7. The van der Waals surface area contributed by atoms with Crippen molar-refractivity contribution in [3.05, 3.63) is 66.2 Å². The number of nitrogens with zero attached hydrogens (tertiary/aromatic N) is 2. The number of amides is 3. The molecule has 45 heavy (non-hydrogen) atoms. The van der Waals surface area contributed by atoms with Gasteiger partial charge in [0.05, 0.1) is 36.8 Å². The maximum atomic E-state index is 13.8. The van der Waals surface area contributed by atoms with E-state index in [1.165, 1.54) is 41.6 Å². The van der Waals surface area contributed by atoms with E-state index in [0.29, 0.717) is 28.6 Å². The quantitative estimate of drug-likeness (QED) is 0.318. The number of carbonyl (C=O) groups excluding carboxylic acids is 2. The van der Waals surface area contributed by atoms with Crippen LogP contribution in [0.1, 0.15) is 24.2 Å². The van der Waals surface area contributed by atoms with E-state index in [9.17, 15) is 23.1 Å². The summed E-state index contributed by atoms with van der Waals surface area (Å²) >= 11 is 0. The van der Waals surface area contributed by atoms with Gasteiger partial charge in [-0.25, -0.2) is 13.2 Å². The van der Waals surface area contributed by atoms with Crippen molar-refractivity contribution in [1.29, 1.82) is 0 Å². The fourth-order valence-electron chi connectivity index (χ4n) is 5.07. The molecule has 0 fully saturated rings. The van der Waals surface area contributed by atoms with Crippen LogP contribution in [0.15, 0.2) is 65.6 Å². The van der Waals surface area contributed by atoms with Crippen LogP contribution in [-0.2, 0) is 10.0 Å². The van der Waals surface area contributed by atoms with Gasteiger partial charge in [-0.3, -0.25) is 4.79 Å². The van der Waals surface area contributed by atoms with Crippen molar-refractivity contribution >= 4 is 33.3 Å². The van der Waals surface area contributed by atoms with Gasteiger partial charge >= 0.3 is 6.03 Å². The van der Waals surface area contributed by atoms with Gasteiger partial charge in [0.15, 0.2) is 11.5 Å². The Hall–Kier alpha value is -4.53.